The zero-order chi connectivity index (χ0) is 19.4. The van der Waals surface area contributed by atoms with E-state index in [1.54, 1.807) is 19.1 Å². The Labute approximate surface area is 171 Å². The average Bonchev–Trinajstić information content (AvgIpc) is 2.67. The van der Waals surface area contributed by atoms with Crippen LogP contribution in [0.2, 0.25) is 0 Å². The zero-order valence-electron chi connectivity index (χ0n) is 15.0. The van der Waals surface area contributed by atoms with E-state index >= 15 is 0 Å². The predicted molar refractivity (Wildman–Crippen MR) is 114 cm³/mol. The summed E-state index contributed by atoms with van der Waals surface area (Å²) in [5.74, 6) is -0.215. The normalized spacial score (nSPS) is 11.7. The SMILES string of the molecule is Cc1ccc(C(=O)NNC(=O)C(C)Oc2ccc3ccccc3c2)cc1I. The van der Waals surface area contributed by atoms with Crippen molar-refractivity contribution in [1.82, 2.24) is 10.9 Å². The van der Waals surface area contributed by atoms with Crippen molar-refractivity contribution in [1.29, 1.82) is 0 Å². The minimum atomic E-state index is -0.760. The van der Waals surface area contributed by atoms with Crippen LogP contribution in [0.25, 0.3) is 10.8 Å². The Morgan fingerprint density at radius 1 is 0.963 bits per heavy atom. The molecule has 1 atom stereocenters. The molecule has 0 spiro atoms. The number of hydrazine groups is 1. The molecule has 0 radical (unpaired) electrons. The van der Waals surface area contributed by atoms with E-state index in [1.165, 1.54) is 0 Å². The fraction of sp³-hybridized carbons (Fsp3) is 0.143. The van der Waals surface area contributed by atoms with E-state index in [1.807, 2.05) is 55.5 Å². The molecule has 0 bridgehead atoms. The summed E-state index contributed by atoms with van der Waals surface area (Å²) in [7, 11) is 0. The van der Waals surface area contributed by atoms with Crippen molar-refractivity contribution < 1.29 is 14.3 Å². The van der Waals surface area contributed by atoms with Gasteiger partial charge in [-0.2, -0.15) is 0 Å². The first kappa shape index (κ1) is 19.2. The number of halogens is 1. The van der Waals surface area contributed by atoms with Crippen LogP contribution in [0.1, 0.15) is 22.8 Å². The number of rotatable bonds is 4. The van der Waals surface area contributed by atoms with Crippen LogP contribution in [-0.2, 0) is 4.79 Å². The van der Waals surface area contributed by atoms with Crippen LogP contribution in [-0.4, -0.2) is 17.9 Å². The summed E-state index contributed by atoms with van der Waals surface area (Å²) in [6, 6.07) is 18.9. The lowest BCUT2D eigenvalue weighted by Gasteiger charge is -2.15. The van der Waals surface area contributed by atoms with E-state index < -0.39 is 12.0 Å². The predicted octanol–water partition coefficient (Wildman–Crippen LogP) is 3.98. The molecule has 3 rings (SSSR count). The van der Waals surface area contributed by atoms with Gasteiger partial charge < -0.3 is 4.74 Å². The highest BCUT2D eigenvalue weighted by atomic mass is 127. The monoisotopic (exact) mass is 474 g/mol. The van der Waals surface area contributed by atoms with Crippen molar-refractivity contribution in [2.45, 2.75) is 20.0 Å². The number of carbonyl (C=O) groups excluding carboxylic acids is 2. The van der Waals surface area contributed by atoms with Crippen LogP contribution in [0.3, 0.4) is 0 Å². The molecule has 2 amide bonds. The maximum absolute atomic E-state index is 12.2. The van der Waals surface area contributed by atoms with Gasteiger partial charge in [-0.1, -0.05) is 36.4 Å². The molecule has 2 N–H and O–H groups in total. The molecule has 3 aromatic rings. The molecule has 6 heteroatoms. The van der Waals surface area contributed by atoms with Gasteiger partial charge in [-0.05, 0) is 77.0 Å². The molecule has 138 valence electrons. The van der Waals surface area contributed by atoms with Gasteiger partial charge >= 0.3 is 0 Å². The smallest absolute Gasteiger partial charge is 0.279 e. The van der Waals surface area contributed by atoms with Crippen LogP contribution in [0.5, 0.6) is 5.75 Å². The van der Waals surface area contributed by atoms with E-state index in [-0.39, 0.29) is 5.91 Å². The first-order valence-electron chi connectivity index (χ1n) is 8.46. The molecular formula is C21H19IN2O3. The number of ether oxygens (including phenoxy) is 1. The molecule has 3 aromatic carbocycles. The highest BCUT2D eigenvalue weighted by Crippen LogP contribution is 2.21. The Hall–Kier alpha value is -2.61. The van der Waals surface area contributed by atoms with Gasteiger partial charge in [0.05, 0.1) is 0 Å². The van der Waals surface area contributed by atoms with E-state index in [9.17, 15) is 9.59 Å². The summed E-state index contributed by atoms with van der Waals surface area (Å²) in [5, 5.41) is 2.13. The molecule has 0 saturated heterocycles. The van der Waals surface area contributed by atoms with Gasteiger partial charge in [-0.3, -0.25) is 20.4 Å². The second-order valence-corrected chi connectivity index (χ2v) is 7.34. The molecule has 0 saturated carbocycles. The molecule has 0 aromatic heterocycles. The Bertz CT molecular complexity index is 1000. The van der Waals surface area contributed by atoms with Crippen molar-refractivity contribution in [3.05, 3.63) is 75.4 Å². The summed E-state index contributed by atoms with van der Waals surface area (Å²) >= 11 is 2.17. The van der Waals surface area contributed by atoms with Gasteiger partial charge in [0.2, 0.25) is 0 Å². The Morgan fingerprint density at radius 3 is 2.44 bits per heavy atom. The van der Waals surface area contributed by atoms with Gasteiger partial charge in [0.1, 0.15) is 5.75 Å². The number of benzene rings is 3. The second-order valence-electron chi connectivity index (χ2n) is 6.18. The van der Waals surface area contributed by atoms with Gasteiger partial charge in [0.15, 0.2) is 6.10 Å². The standard InChI is InChI=1S/C21H19IN2O3/c1-13-7-8-17(12-19(13)22)21(26)24-23-20(25)14(2)27-18-10-9-15-5-3-4-6-16(15)11-18/h3-12,14H,1-2H3,(H,23,25)(H,24,26). The Balaban J connectivity index is 1.58. The summed E-state index contributed by atoms with van der Waals surface area (Å²) in [4.78, 5) is 24.4. The van der Waals surface area contributed by atoms with Gasteiger partial charge in [-0.15, -0.1) is 0 Å². The lowest BCUT2D eigenvalue weighted by atomic mass is 10.1. The number of aryl methyl sites for hydroxylation is 1. The summed E-state index contributed by atoms with van der Waals surface area (Å²) < 4.78 is 6.68. The summed E-state index contributed by atoms with van der Waals surface area (Å²) in [6.45, 7) is 3.60. The van der Waals surface area contributed by atoms with Crippen molar-refractivity contribution in [2.24, 2.45) is 0 Å². The number of carbonyl (C=O) groups is 2. The molecule has 0 fully saturated rings. The third-order valence-corrected chi connectivity index (χ3v) is 5.30. The topological polar surface area (TPSA) is 67.4 Å². The fourth-order valence-electron chi connectivity index (χ4n) is 2.52. The van der Waals surface area contributed by atoms with E-state index in [0.717, 1.165) is 19.9 Å². The molecule has 27 heavy (non-hydrogen) atoms. The van der Waals surface area contributed by atoms with Crippen molar-refractivity contribution in [3.8, 4) is 5.75 Å². The molecular weight excluding hydrogens is 455 g/mol. The molecule has 0 aliphatic rings. The van der Waals surface area contributed by atoms with Gasteiger partial charge in [0.25, 0.3) is 11.8 Å². The number of nitrogens with one attached hydrogen (secondary N) is 2. The number of fused-ring (bicyclic) bond motifs is 1. The fourth-order valence-corrected chi connectivity index (χ4v) is 3.04. The molecule has 1 unspecified atom stereocenters. The van der Waals surface area contributed by atoms with Gasteiger partial charge in [-0.25, -0.2) is 0 Å². The lowest BCUT2D eigenvalue weighted by molar-refractivity contribution is -0.128. The quantitative estimate of drug-likeness (QED) is 0.444. The largest absolute Gasteiger partial charge is 0.481 e. The van der Waals surface area contributed by atoms with Gasteiger partial charge in [0, 0.05) is 9.13 Å². The minimum Gasteiger partial charge on any atom is -0.481 e. The van der Waals surface area contributed by atoms with Crippen LogP contribution in [0.4, 0.5) is 0 Å². The maximum atomic E-state index is 12.2. The third kappa shape index (κ3) is 4.77. The number of hydrogen-bond acceptors (Lipinski definition) is 3. The highest BCUT2D eigenvalue weighted by Gasteiger charge is 2.16. The Morgan fingerprint density at radius 2 is 1.70 bits per heavy atom. The zero-order valence-corrected chi connectivity index (χ0v) is 17.1. The average molecular weight is 474 g/mol. The molecule has 0 aliphatic heterocycles. The maximum Gasteiger partial charge on any atom is 0.279 e. The van der Waals surface area contributed by atoms with Crippen molar-refractivity contribution in [3.63, 3.8) is 0 Å². The van der Waals surface area contributed by atoms with E-state index in [4.69, 9.17) is 4.74 Å². The molecule has 0 aliphatic carbocycles. The van der Waals surface area contributed by atoms with Crippen LogP contribution < -0.4 is 15.6 Å². The van der Waals surface area contributed by atoms with Crippen LogP contribution in [0, 0.1) is 10.5 Å². The van der Waals surface area contributed by atoms with Crippen molar-refractivity contribution in [2.75, 3.05) is 0 Å². The number of amides is 2. The minimum absolute atomic E-state index is 0.376. The Kier molecular flexibility index (Phi) is 5.95. The van der Waals surface area contributed by atoms with E-state index in [2.05, 4.69) is 33.4 Å². The van der Waals surface area contributed by atoms with Crippen molar-refractivity contribution >= 4 is 45.2 Å². The summed E-state index contributed by atoms with van der Waals surface area (Å²) in [5.41, 5.74) is 6.40. The lowest BCUT2D eigenvalue weighted by Crippen LogP contribution is -2.47. The first-order chi connectivity index (χ1) is 12.9. The highest BCUT2D eigenvalue weighted by molar-refractivity contribution is 14.1. The second kappa shape index (κ2) is 8.39. The first-order valence-corrected chi connectivity index (χ1v) is 9.54. The van der Waals surface area contributed by atoms with Crippen LogP contribution >= 0.6 is 22.6 Å². The third-order valence-electron chi connectivity index (χ3n) is 4.14. The summed E-state index contributed by atoms with van der Waals surface area (Å²) in [6.07, 6.45) is -0.760. The van der Waals surface area contributed by atoms with E-state index in [0.29, 0.717) is 11.3 Å². The number of hydrogen-bond donors (Lipinski definition) is 2. The molecule has 0 heterocycles. The van der Waals surface area contributed by atoms with Crippen LogP contribution in [0.15, 0.2) is 60.7 Å². The molecule has 5 nitrogen and oxygen atoms in total.